The lowest BCUT2D eigenvalue weighted by Gasteiger charge is -2.18. The van der Waals surface area contributed by atoms with Gasteiger partial charge in [0.2, 0.25) is 5.89 Å². The van der Waals surface area contributed by atoms with Gasteiger partial charge in [0.1, 0.15) is 5.82 Å². The van der Waals surface area contributed by atoms with Crippen LogP contribution in [0.2, 0.25) is 0 Å². The predicted octanol–water partition coefficient (Wildman–Crippen LogP) is 4.52. The molecule has 0 bridgehead atoms. The second kappa shape index (κ2) is 8.69. The third-order valence-electron chi connectivity index (χ3n) is 4.57. The van der Waals surface area contributed by atoms with E-state index >= 15 is 0 Å². The maximum absolute atomic E-state index is 13.8. The molecule has 0 saturated carbocycles. The maximum atomic E-state index is 13.8. The minimum absolute atomic E-state index is 0.103. The van der Waals surface area contributed by atoms with Gasteiger partial charge in [-0.15, -0.1) is 0 Å². The second-order valence-corrected chi connectivity index (χ2v) is 6.78. The van der Waals surface area contributed by atoms with Crippen LogP contribution in [0.5, 0.6) is 0 Å². The Balaban J connectivity index is 1.59. The molecule has 0 radical (unpaired) electrons. The van der Waals surface area contributed by atoms with Crippen molar-refractivity contribution in [3.63, 3.8) is 0 Å². The molecule has 28 heavy (non-hydrogen) atoms. The number of aliphatic imine (C=N–C) groups is 1. The molecule has 1 unspecified atom stereocenters. The van der Waals surface area contributed by atoms with Crippen molar-refractivity contribution in [1.29, 1.82) is 0 Å². The first-order valence-electron chi connectivity index (χ1n) is 9.21. The Kier molecular flexibility index (Phi) is 6.09. The summed E-state index contributed by atoms with van der Waals surface area (Å²) < 4.78 is 19.6. The van der Waals surface area contributed by atoms with E-state index in [0.717, 1.165) is 16.9 Å². The lowest BCUT2D eigenvalue weighted by Crippen LogP contribution is -2.38. The van der Waals surface area contributed by atoms with Gasteiger partial charge < -0.3 is 15.1 Å². The zero-order valence-electron chi connectivity index (χ0n) is 16.6. The highest BCUT2D eigenvalue weighted by Crippen LogP contribution is 2.21. The molecule has 5 nitrogen and oxygen atoms in total. The quantitative estimate of drug-likeness (QED) is 0.504. The van der Waals surface area contributed by atoms with Crippen LogP contribution in [0.1, 0.15) is 35.5 Å². The van der Waals surface area contributed by atoms with Crippen LogP contribution in [0.4, 0.5) is 4.39 Å². The third-order valence-corrected chi connectivity index (χ3v) is 4.57. The minimum Gasteiger partial charge on any atom is -0.439 e. The van der Waals surface area contributed by atoms with Crippen molar-refractivity contribution in [2.75, 3.05) is 7.05 Å². The van der Waals surface area contributed by atoms with Gasteiger partial charge in [0, 0.05) is 12.6 Å². The van der Waals surface area contributed by atoms with E-state index in [1.165, 1.54) is 5.56 Å². The summed E-state index contributed by atoms with van der Waals surface area (Å²) in [6.07, 6.45) is 1.72. The Bertz CT molecular complexity index is 963. The molecule has 0 amide bonds. The molecule has 1 heterocycles. The van der Waals surface area contributed by atoms with E-state index < -0.39 is 0 Å². The predicted molar refractivity (Wildman–Crippen MR) is 110 cm³/mol. The van der Waals surface area contributed by atoms with Crippen molar-refractivity contribution >= 4 is 5.96 Å². The Morgan fingerprint density at radius 2 is 1.93 bits per heavy atom. The normalized spacial score (nSPS) is 12.7. The van der Waals surface area contributed by atoms with Gasteiger partial charge in [-0.3, -0.25) is 4.99 Å². The second-order valence-electron chi connectivity index (χ2n) is 6.78. The molecule has 3 rings (SSSR count). The van der Waals surface area contributed by atoms with E-state index in [9.17, 15) is 4.39 Å². The molecule has 0 aliphatic rings. The number of oxazole rings is 1. The monoisotopic (exact) mass is 380 g/mol. The van der Waals surface area contributed by atoms with Crippen molar-refractivity contribution in [2.24, 2.45) is 4.99 Å². The molecule has 1 atom stereocenters. The van der Waals surface area contributed by atoms with Crippen LogP contribution in [-0.2, 0) is 6.54 Å². The van der Waals surface area contributed by atoms with Gasteiger partial charge in [0.25, 0.3) is 0 Å². The zero-order chi connectivity index (χ0) is 20.1. The summed E-state index contributed by atoms with van der Waals surface area (Å²) in [6, 6.07) is 13.2. The van der Waals surface area contributed by atoms with Crippen molar-refractivity contribution in [1.82, 2.24) is 15.6 Å². The van der Waals surface area contributed by atoms with Crippen LogP contribution >= 0.6 is 0 Å². The van der Waals surface area contributed by atoms with Gasteiger partial charge in [-0.2, -0.15) is 0 Å². The number of hydrogen-bond acceptors (Lipinski definition) is 3. The molecule has 0 fully saturated rings. The van der Waals surface area contributed by atoms with Crippen LogP contribution in [0.25, 0.3) is 11.3 Å². The van der Waals surface area contributed by atoms with Crippen molar-refractivity contribution in [3.8, 4) is 11.3 Å². The first-order chi connectivity index (χ1) is 13.5. The summed E-state index contributed by atoms with van der Waals surface area (Å²) in [5.74, 6) is 1.66. The van der Waals surface area contributed by atoms with Crippen LogP contribution < -0.4 is 10.6 Å². The average Bonchev–Trinajstić information content (AvgIpc) is 3.16. The van der Waals surface area contributed by atoms with Crippen LogP contribution in [0, 0.1) is 19.7 Å². The molecular formula is C22H25FN4O. The lowest BCUT2D eigenvalue weighted by atomic mass is 10.1. The number of hydrogen-bond donors (Lipinski definition) is 2. The molecule has 0 spiro atoms. The molecule has 0 aliphatic heterocycles. The summed E-state index contributed by atoms with van der Waals surface area (Å²) in [5.41, 5.74) is 3.67. The van der Waals surface area contributed by atoms with Crippen molar-refractivity contribution < 1.29 is 8.81 Å². The van der Waals surface area contributed by atoms with E-state index in [2.05, 4.69) is 20.6 Å². The van der Waals surface area contributed by atoms with E-state index in [1.807, 2.05) is 44.2 Å². The number of nitrogens with zero attached hydrogens (tertiary/aromatic N) is 2. The summed E-state index contributed by atoms with van der Waals surface area (Å²) in [5, 5.41) is 6.42. The average molecular weight is 380 g/mol. The highest BCUT2D eigenvalue weighted by molar-refractivity contribution is 5.80. The van der Waals surface area contributed by atoms with Gasteiger partial charge in [0.15, 0.2) is 11.7 Å². The van der Waals surface area contributed by atoms with E-state index in [1.54, 1.807) is 32.3 Å². The number of aromatic nitrogens is 1. The molecule has 2 N–H and O–H groups in total. The highest BCUT2D eigenvalue weighted by atomic mass is 19.1. The lowest BCUT2D eigenvalue weighted by molar-refractivity contribution is 0.496. The standard InChI is InChI=1S/C22H25FN4O/c1-14-5-8-17(9-6-14)20-12-25-21(28-20)13-26-22(24-4)27-16(3)18-10-7-15(2)19(23)11-18/h5-12,16H,13H2,1-4H3,(H2,24,26,27). The number of benzene rings is 2. The Morgan fingerprint density at radius 3 is 2.61 bits per heavy atom. The number of rotatable bonds is 5. The SMILES string of the molecule is CN=C(NCc1ncc(-c2ccc(C)cc2)o1)NC(C)c1ccc(C)c(F)c1. The molecule has 3 aromatic rings. The maximum Gasteiger partial charge on any atom is 0.214 e. The number of aryl methyl sites for hydroxylation is 2. The van der Waals surface area contributed by atoms with Gasteiger partial charge in [0.05, 0.1) is 18.8 Å². The Morgan fingerprint density at radius 1 is 1.18 bits per heavy atom. The summed E-state index contributed by atoms with van der Waals surface area (Å²) >= 11 is 0. The fourth-order valence-corrected chi connectivity index (χ4v) is 2.76. The smallest absolute Gasteiger partial charge is 0.214 e. The number of nitrogens with one attached hydrogen (secondary N) is 2. The molecular weight excluding hydrogens is 355 g/mol. The number of guanidine groups is 1. The van der Waals surface area contributed by atoms with E-state index in [0.29, 0.717) is 24.0 Å². The molecule has 2 aromatic carbocycles. The Hall–Kier alpha value is -3.15. The van der Waals surface area contributed by atoms with Crippen molar-refractivity contribution in [2.45, 2.75) is 33.4 Å². The first kappa shape index (κ1) is 19.6. The van der Waals surface area contributed by atoms with Crippen LogP contribution in [0.15, 0.2) is 58.1 Å². The van der Waals surface area contributed by atoms with E-state index in [-0.39, 0.29) is 11.9 Å². The fourth-order valence-electron chi connectivity index (χ4n) is 2.76. The minimum atomic E-state index is -0.211. The highest BCUT2D eigenvalue weighted by Gasteiger charge is 2.11. The zero-order valence-corrected chi connectivity index (χ0v) is 16.6. The summed E-state index contributed by atoms with van der Waals surface area (Å²) in [4.78, 5) is 8.53. The summed E-state index contributed by atoms with van der Waals surface area (Å²) in [7, 11) is 1.69. The molecule has 1 aromatic heterocycles. The van der Waals surface area contributed by atoms with Gasteiger partial charge in [-0.25, -0.2) is 9.37 Å². The largest absolute Gasteiger partial charge is 0.439 e. The van der Waals surface area contributed by atoms with E-state index in [4.69, 9.17) is 4.42 Å². The Labute approximate surface area is 164 Å². The van der Waals surface area contributed by atoms with Crippen LogP contribution in [-0.4, -0.2) is 18.0 Å². The molecule has 6 heteroatoms. The number of halogens is 1. The van der Waals surface area contributed by atoms with Crippen LogP contribution in [0.3, 0.4) is 0 Å². The molecule has 146 valence electrons. The third kappa shape index (κ3) is 4.76. The van der Waals surface area contributed by atoms with Gasteiger partial charge in [-0.1, -0.05) is 42.0 Å². The molecule has 0 saturated heterocycles. The molecule has 0 aliphatic carbocycles. The van der Waals surface area contributed by atoms with Crippen molar-refractivity contribution in [3.05, 3.63) is 77.1 Å². The summed E-state index contributed by atoms with van der Waals surface area (Å²) in [6.45, 7) is 6.14. The topological polar surface area (TPSA) is 62.5 Å². The fraction of sp³-hybridized carbons (Fsp3) is 0.273. The van der Waals surface area contributed by atoms with Gasteiger partial charge >= 0.3 is 0 Å². The van der Waals surface area contributed by atoms with Gasteiger partial charge in [-0.05, 0) is 38.0 Å². The first-order valence-corrected chi connectivity index (χ1v) is 9.21.